The predicted molar refractivity (Wildman–Crippen MR) is 107 cm³/mol. The van der Waals surface area contributed by atoms with Crippen LogP contribution in [0.4, 0.5) is 0 Å². The molecule has 0 bridgehead atoms. The number of carbonyl (C=O) groups excluding carboxylic acids is 2. The number of unbranched alkanes of at least 4 members (excludes halogenated alkanes) is 2. The van der Waals surface area contributed by atoms with Gasteiger partial charge in [0.05, 0.1) is 12.2 Å². The Bertz CT molecular complexity index is 565. The first-order valence-corrected chi connectivity index (χ1v) is 10.4. The van der Waals surface area contributed by atoms with E-state index in [0.29, 0.717) is 12.8 Å². The number of hydrogen-bond acceptors (Lipinski definition) is 5. The number of hydrogen-bond donors (Lipinski definition) is 3. The summed E-state index contributed by atoms with van der Waals surface area (Å²) in [7, 11) is 0. The van der Waals surface area contributed by atoms with Gasteiger partial charge in [-0.3, -0.25) is 14.4 Å². The highest BCUT2D eigenvalue weighted by atomic mass is 16.4. The van der Waals surface area contributed by atoms with Crippen molar-refractivity contribution < 1.29 is 29.7 Å². The Hall–Kier alpha value is -1.53. The van der Waals surface area contributed by atoms with Crippen LogP contribution in [0.15, 0.2) is 12.2 Å². The predicted octanol–water partition coefficient (Wildman–Crippen LogP) is 3.29. The maximum atomic E-state index is 12.2. The molecule has 0 unspecified atom stereocenters. The van der Waals surface area contributed by atoms with Crippen molar-refractivity contribution in [2.75, 3.05) is 0 Å². The van der Waals surface area contributed by atoms with E-state index < -0.39 is 30.0 Å². The minimum Gasteiger partial charge on any atom is -0.481 e. The van der Waals surface area contributed by atoms with Gasteiger partial charge in [-0.1, -0.05) is 45.8 Å². The zero-order chi connectivity index (χ0) is 21.3. The molecule has 0 aliphatic heterocycles. The van der Waals surface area contributed by atoms with E-state index in [2.05, 4.69) is 6.92 Å². The van der Waals surface area contributed by atoms with E-state index >= 15 is 0 Å². The monoisotopic (exact) mass is 396 g/mol. The molecule has 28 heavy (non-hydrogen) atoms. The van der Waals surface area contributed by atoms with Crippen molar-refractivity contribution >= 4 is 17.5 Å². The molecular formula is C22H36O6. The number of carboxylic acid groups (broad SMARTS) is 1. The number of Topliss-reactive ketones (excluding diaryl/α,β-unsaturated/α-hetero) is 2. The third kappa shape index (κ3) is 7.84. The summed E-state index contributed by atoms with van der Waals surface area (Å²) >= 11 is 0. The van der Waals surface area contributed by atoms with Gasteiger partial charge in [0.2, 0.25) is 0 Å². The first kappa shape index (κ1) is 24.5. The van der Waals surface area contributed by atoms with E-state index in [0.717, 1.165) is 19.3 Å². The molecule has 0 aromatic rings. The number of rotatable bonds is 13. The molecule has 1 aliphatic carbocycles. The molecule has 6 heteroatoms. The summed E-state index contributed by atoms with van der Waals surface area (Å²) in [5.74, 6) is -2.12. The lowest BCUT2D eigenvalue weighted by Crippen LogP contribution is -2.28. The van der Waals surface area contributed by atoms with Gasteiger partial charge in [0.25, 0.3) is 0 Å². The molecule has 3 N–H and O–H groups in total. The zero-order valence-corrected chi connectivity index (χ0v) is 17.4. The van der Waals surface area contributed by atoms with Crippen molar-refractivity contribution in [1.82, 2.24) is 0 Å². The highest BCUT2D eigenvalue weighted by Gasteiger charge is 2.41. The fourth-order valence-corrected chi connectivity index (χ4v) is 3.71. The molecule has 1 aliphatic rings. The van der Waals surface area contributed by atoms with Gasteiger partial charge in [0.15, 0.2) is 0 Å². The third-order valence-corrected chi connectivity index (χ3v) is 5.77. The van der Waals surface area contributed by atoms with E-state index in [-0.39, 0.29) is 42.7 Å². The Kier molecular flexibility index (Phi) is 10.0. The molecule has 0 amide bonds. The Morgan fingerprint density at radius 1 is 1.21 bits per heavy atom. The lowest BCUT2D eigenvalue weighted by atomic mass is 9.80. The molecule has 160 valence electrons. The Labute approximate surface area is 168 Å². The standard InChI is InChI=1S/C22H36O6/c1-4-5-12-22(2,3)20(26)11-10-16-17(19(25)14-18(16)24)13-15(23)8-6-7-9-21(27)28/h10-11,16-18,20,24,26H,4-9,12-14H2,1-3H3,(H,27,28)/b11-10+/t16-,17-,18-,20-/m1/s1. The summed E-state index contributed by atoms with van der Waals surface area (Å²) in [6.07, 6.45) is 6.07. The fraction of sp³-hybridized carbons (Fsp3) is 0.773. The van der Waals surface area contributed by atoms with Crippen LogP contribution in [0.25, 0.3) is 0 Å². The summed E-state index contributed by atoms with van der Waals surface area (Å²) < 4.78 is 0. The topological polar surface area (TPSA) is 112 Å². The van der Waals surface area contributed by atoms with Crippen LogP contribution in [0.1, 0.15) is 78.6 Å². The molecule has 0 saturated heterocycles. The van der Waals surface area contributed by atoms with E-state index in [1.54, 1.807) is 12.2 Å². The molecule has 0 aromatic heterocycles. The number of aliphatic hydroxyl groups excluding tert-OH is 2. The third-order valence-electron chi connectivity index (χ3n) is 5.77. The molecule has 0 radical (unpaired) electrons. The number of ketones is 2. The molecule has 6 nitrogen and oxygen atoms in total. The van der Waals surface area contributed by atoms with Crippen LogP contribution in [0.3, 0.4) is 0 Å². The molecule has 1 fully saturated rings. The zero-order valence-electron chi connectivity index (χ0n) is 17.4. The Morgan fingerprint density at radius 3 is 2.46 bits per heavy atom. The van der Waals surface area contributed by atoms with Crippen LogP contribution < -0.4 is 0 Å². The number of aliphatic carboxylic acids is 1. The summed E-state index contributed by atoms with van der Waals surface area (Å²) in [5, 5.41) is 29.4. The number of aliphatic hydroxyl groups is 2. The van der Waals surface area contributed by atoms with Crippen LogP contribution in [0.2, 0.25) is 0 Å². The first-order valence-electron chi connectivity index (χ1n) is 10.4. The SMILES string of the molecule is CCCCC(C)(C)[C@H](O)/C=C/[C@H]1[C@H](O)CC(=O)[C@@H]1CC(=O)CCCCC(=O)O. The van der Waals surface area contributed by atoms with Crippen molar-refractivity contribution in [3.05, 3.63) is 12.2 Å². The first-order chi connectivity index (χ1) is 13.1. The van der Waals surface area contributed by atoms with Crippen molar-refractivity contribution in [2.45, 2.75) is 90.8 Å². The van der Waals surface area contributed by atoms with Gasteiger partial charge in [-0.05, 0) is 24.7 Å². The van der Waals surface area contributed by atoms with Crippen molar-refractivity contribution in [3.8, 4) is 0 Å². The second-order valence-electron chi connectivity index (χ2n) is 8.69. The smallest absolute Gasteiger partial charge is 0.303 e. The van der Waals surface area contributed by atoms with Crippen molar-refractivity contribution in [2.24, 2.45) is 17.3 Å². The van der Waals surface area contributed by atoms with Gasteiger partial charge in [0, 0.05) is 37.5 Å². The van der Waals surface area contributed by atoms with Crippen LogP contribution in [-0.4, -0.2) is 45.1 Å². The second-order valence-corrected chi connectivity index (χ2v) is 8.69. The maximum Gasteiger partial charge on any atom is 0.303 e. The summed E-state index contributed by atoms with van der Waals surface area (Å²) in [6.45, 7) is 6.08. The molecule has 1 saturated carbocycles. The van der Waals surface area contributed by atoms with Crippen molar-refractivity contribution in [1.29, 1.82) is 0 Å². The summed E-state index contributed by atoms with van der Waals surface area (Å²) in [6, 6.07) is 0. The summed E-state index contributed by atoms with van der Waals surface area (Å²) in [4.78, 5) is 35.0. The molecular weight excluding hydrogens is 360 g/mol. The van der Waals surface area contributed by atoms with E-state index in [1.165, 1.54) is 0 Å². The van der Waals surface area contributed by atoms with Gasteiger partial charge in [-0.2, -0.15) is 0 Å². The molecule has 0 aromatic carbocycles. The van der Waals surface area contributed by atoms with Crippen molar-refractivity contribution in [3.63, 3.8) is 0 Å². The largest absolute Gasteiger partial charge is 0.481 e. The van der Waals surface area contributed by atoms with E-state index in [1.807, 2.05) is 13.8 Å². The Balaban J connectivity index is 2.66. The lowest BCUT2D eigenvalue weighted by Gasteiger charge is -2.29. The average molecular weight is 397 g/mol. The van der Waals surface area contributed by atoms with Crippen LogP contribution in [-0.2, 0) is 14.4 Å². The maximum absolute atomic E-state index is 12.2. The van der Waals surface area contributed by atoms with Crippen LogP contribution in [0.5, 0.6) is 0 Å². The average Bonchev–Trinajstić information content (AvgIpc) is 2.87. The Morgan fingerprint density at radius 2 is 1.86 bits per heavy atom. The van der Waals surface area contributed by atoms with Gasteiger partial charge in [0.1, 0.15) is 11.6 Å². The van der Waals surface area contributed by atoms with Crippen LogP contribution >= 0.6 is 0 Å². The van der Waals surface area contributed by atoms with Gasteiger partial charge in [-0.25, -0.2) is 0 Å². The highest BCUT2D eigenvalue weighted by Crippen LogP contribution is 2.35. The second kappa shape index (κ2) is 11.5. The normalized spacial score (nSPS) is 24.0. The minimum atomic E-state index is -0.882. The molecule has 0 spiro atoms. The minimum absolute atomic E-state index is 0.0291. The van der Waals surface area contributed by atoms with Gasteiger partial charge < -0.3 is 15.3 Å². The molecule has 1 rings (SSSR count). The molecule has 0 heterocycles. The van der Waals surface area contributed by atoms with Crippen LogP contribution in [0, 0.1) is 17.3 Å². The highest BCUT2D eigenvalue weighted by molar-refractivity contribution is 5.90. The quantitative estimate of drug-likeness (QED) is 0.325. The number of carboxylic acids is 1. The van der Waals surface area contributed by atoms with E-state index in [9.17, 15) is 24.6 Å². The van der Waals surface area contributed by atoms with Gasteiger partial charge >= 0.3 is 5.97 Å². The summed E-state index contributed by atoms with van der Waals surface area (Å²) in [5.41, 5.74) is -0.296. The number of carbonyl (C=O) groups is 3. The fourth-order valence-electron chi connectivity index (χ4n) is 3.71. The molecule has 4 atom stereocenters. The van der Waals surface area contributed by atoms with Gasteiger partial charge in [-0.15, -0.1) is 0 Å². The lowest BCUT2D eigenvalue weighted by molar-refractivity contribution is -0.137. The van der Waals surface area contributed by atoms with E-state index in [4.69, 9.17) is 5.11 Å².